The standard InChI is InChI=1S/C13H21N3O2/c1-3-5-12-14-13(18-15-12)9-16-7-4-6-11(16)8-10(2)17/h11H,3-9H2,1-2H3. The van der Waals surface area contributed by atoms with Crippen LogP contribution in [0.1, 0.15) is 51.2 Å². The van der Waals surface area contributed by atoms with Gasteiger partial charge in [-0.15, -0.1) is 0 Å². The van der Waals surface area contributed by atoms with Gasteiger partial charge in [-0.2, -0.15) is 4.98 Å². The fraction of sp³-hybridized carbons (Fsp3) is 0.769. The Hall–Kier alpha value is -1.23. The molecule has 1 atom stereocenters. The maximum atomic E-state index is 11.2. The van der Waals surface area contributed by atoms with Crippen LogP contribution < -0.4 is 0 Å². The minimum atomic E-state index is 0.254. The SMILES string of the molecule is CCCc1noc(CN2CCCC2CC(C)=O)n1. The van der Waals surface area contributed by atoms with Crippen molar-refractivity contribution in [2.45, 2.75) is 58.5 Å². The van der Waals surface area contributed by atoms with Crippen LogP contribution in [0, 0.1) is 0 Å². The van der Waals surface area contributed by atoms with Crippen LogP contribution in [-0.4, -0.2) is 33.4 Å². The van der Waals surface area contributed by atoms with Crippen molar-refractivity contribution in [1.29, 1.82) is 0 Å². The predicted molar refractivity (Wildman–Crippen MR) is 67.0 cm³/mol. The van der Waals surface area contributed by atoms with E-state index in [-0.39, 0.29) is 5.78 Å². The third kappa shape index (κ3) is 3.38. The third-order valence-corrected chi connectivity index (χ3v) is 3.34. The molecule has 1 aromatic heterocycles. The Labute approximate surface area is 108 Å². The number of hydrogen-bond acceptors (Lipinski definition) is 5. The zero-order chi connectivity index (χ0) is 13.0. The molecule has 0 saturated carbocycles. The minimum Gasteiger partial charge on any atom is -0.338 e. The van der Waals surface area contributed by atoms with E-state index in [1.807, 2.05) is 0 Å². The lowest BCUT2D eigenvalue weighted by atomic mass is 10.1. The molecule has 1 unspecified atom stereocenters. The first-order chi connectivity index (χ1) is 8.69. The Bertz CT molecular complexity index is 403. The Balaban J connectivity index is 1.92. The molecule has 0 spiro atoms. The molecule has 1 fully saturated rings. The molecule has 1 aliphatic rings. The van der Waals surface area contributed by atoms with Crippen LogP contribution in [0.25, 0.3) is 0 Å². The first-order valence-corrected chi connectivity index (χ1v) is 6.74. The number of rotatable bonds is 6. The lowest BCUT2D eigenvalue weighted by Gasteiger charge is -2.21. The topological polar surface area (TPSA) is 59.2 Å². The van der Waals surface area contributed by atoms with E-state index in [1.54, 1.807) is 6.92 Å². The highest BCUT2D eigenvalue weighted by molar-refractivity contribution is 5.76. The highest BCUT2D eigenvalue weighted by Crippen LogP contribution is 2.22. The van der Waals surface area contributed by atoms with Crippen LogP contribution in [0.15, 0.2) is 4.52 Å². The summed E-state index contributed by atoms with van der Waals surface area (Å²) in [5.41, 5.74) is 0. The van der Waals surface area contributed by atoms with Gasteiger partial charge in [0.1, 0.15) is 5.78 Å². The van der Waals surface area contributed by atoms with Gasteiger partial charge in [-0.3, -0.25) is 9.69 Å². The van der Waals surface area contributed by atoms with E-state index in [4.69, 9.17) is 4.52 Å². The monoisotopic (exact) mass is 251 g/mol. The molecule has 0 aliphatic carbocycles. The molecule has 0 radical (unpaired) electrons. The summed E-state index contributed by atoms with van der Waals surface area (Å²) in [6.07, 6.45) is 4.76. The van der Waals surface area contributed by atoms with Gasteiger partial charge in [-0.1, -0.05) is 12.1 Å². The van der Waals surface area contributed by atoms with E-state index in [9.17, 15) is 4.79 Å². The van der Waals surface area contributed by atoms with Crippen molar-refractivity contribution < 1.29 is 9.32 Å². The number of likely N-dealkylation sites (tertiary alicyclic amines) is 1. The largest absolute Gasteiger partial charge is 0.338 e. The lowest BCUT2D eigenvalue weighted by Crippen LogP contribution is -2.30. The summed E-state index contributed by atoms with van der Waals surface area (Å²) in [4.78, 5) is 17.9. The van der Waals surface area contributed by atoms with Gasteiger partial charge in [-0.25, -0.2) is 0 Å². The van der Waals surface area contributed by atoms with Gasteiger partial charge in [0.25, 0.3) is 0 Å². The molecule has 1 aliphatic heterocycles. The zero-order valence-corrected chi connectivity index (χ0v) is 11.2. The highest BCUT2D eigenvalue weighted by atomic mass is 16.5. The Morgan fingerprint density at radius 3 is 3.11 bits per heavy atom. The average molecular weight is 251 g/mol. The van der Waals surface area contributed by atoms with Crippen molar-refractivity contribution in [1.82, 2.24) is 15.0 Å². The number of aryl methyl sites for hydroxylation is 1. The third-order valence-electron chi connectivity index (χ3n) is 3.34. The number of nitrogens with zero attached hydrogens (tertiary/aromatic N) is 3. The first kappa shape index (κ1) is 13.2. The quantitative estimate of drug-likeness (QED) is 0.773. The molecule has 2 heterocycles. The van der Waals surface area contributed by atoms with Crippen LogP contribution >= 0.6 is 0 Å². The molecule has 18 heavy (non-hydrogen) atoms. The lowest BCUT2D eigenvalue weighted by molar-refractivity contribution is -0.118. The summed E-state index contributed by atoms with van der Waals surface area (Å²) >= 11 is 0. The molecule has 5 nitrogen and oxygen atoms in total. The van der Waals surface area contributed by atoms with Gasteiger partial charge < -0.3 is 4.52 Å². The summed E-state index contributed by atoms with van der Waals surface area (Å²) in [7, 11) is 0. The molecule has 0 N–H and O–H groups in total. The smallest absolute Gasteiger partial charge is 0.240 e. The maximum absolute atomic E-state index is 11.2. The maximum Gasteiger partial charge on any atom is 0.240 e. The molecule has 1 saturated heterocycles. The molecule has 0 amide bonds. The highest BCUT2D eigenvalue weighted by Gasteiger charge is 2.26. The Morgan fingerprint density at radius 2 is 2.39 bits per heavy atom. The van der Waals surface area contributed by atoms with Crippen molar-refractivity contribution in [3.05, 3.63) is 11.7 Å². The summed E-state index contributed by atoms with van der Waals surface area (Å²) in [5, 5.41) is 3.95. The molecule has 0 bridgehead atoms. The van der Waals surface area contributed by atoms with Crippen molar-refractivity contribution >= 4 is 5.78 Å². The zero-order valence-electron chi connectivity index (χ0n) is 11.2. The first-order valence-electron chi connectivity index (χ1n) is 6.74. The second-order valence-electron chi connectivity index (χ2n) is 5.03. The van der Waals surface area contributed by atoms with Crippen molar-refractivity contribution in [3.8, 4) is 0 Å². The molecule has 100 valence electrons. The van der Waals surface area contributed by atoms with Gasteiger partial charge in [-0.05, 0) is 32.7 Å². The second-order valence-corrected chi connectivity index (χ2v) is 5.03. The van der Waals surface area contributed by atoms with Gasteiger partial charge >= 0.3 is 0 Å². The van der Waals surface area contributed by atoms with E-state index >= 15 is 0 Å². The van der Waals surface area contributed by atoms with Gasteiger partial charge in [0.2, 0.25) is 5.89 Å². The van der Waals surface area contributed by atoms with Crippen molar-refractivity contribution in [2.75, 3.05) is 6.54 Å². The van der Waals surface area contributed by atoms with Gasteiger partial charge in [0.05, 0.1) is 6.54 Å². The van der Waals surface area contributed by atoms with E-state index in [0.29, 0.717) is 24.9 Å². The van der Waals surface area contributed by atoms with Crippen molar-refractivity contribution in [3.63, 3.8) is 0 Å². The summed E-state index contributed by atoms with van der Waals surface area (Å²) in [6.45, 7) is 5.44. The van der Waals surface area contributed by atoms with Crippen LogP contribution in [-0.2, 0) is 17.8 Å². The van der Waals surface area contributed by atoms with E-state index < -0.39 is 0 Å². The van der Waals surface area contributed by atoms with E-state index in [0.717, 1.165) is 38.1 Å². The molecule has 1 aromatic rings. The summed E-state index contributed by atoms with van der Waals surface area (Å²) in [5.74, 6) is 1.72. The van der Waals surface area contributed by atoms with Crippen LogP contribution in [0.2, 0.25) is 0 Å². The number of ketones is 1. The minimum absolute atomic E-state index is 0.254. The Kier molecular flexibility index (Phi) is 4.47. The van der Waals surface area contributed by atoms with Crippen LogP contribution in [0.3, 0.4) is 0 Å². The molecule has 2 rings (SSSR count). The molecule has 0 aromatic carbocycles. The van der Waals surface area contributed by atoms with E-state index in [2.05, 4.69) is 22.0 Å². The summed E-state index contributed by atoms with van der Waals surface area (Å²) < 4.78 is 5.24. The summed E-state index contributed by atoms with van der Waals surface area (Å²) in [6, 6.07) is 0.351. The van der Waals surface area contributed by atoms with Crippen LogP contribution in [0.5, 0.6) is 0 Å². The van der Waals surface area contributed by atoms with Gasteiger partial charge in [0.15, 0.2) is 5.82 Å². The number of aromatic nitrogens is 2. The average Bonchev–Trinajstić information content (AvgIpc) is 2.90. The number of Topliss-reactive ketones (excluding diaryl/α,β-unsaturated/α-hetero) is 1. The van der Waals surface area contributed by atoms with Crippen molar-refractivity contribution in [2.24, 2.45) is 0 Å². The molecule has 5 heteroatoms. The van der Waals surface area contributed by atoms with Gasteiger partial charge in [0, 0.05) is 18.9 Å². The normalized spacial score (nSPS) is 20.4. The predicted octanol–water partition coefficient (Wildman–Crippen LogP) is 1.97. The number of carbonyl (C=O) groups excluding carboxylic acids is 1. The molecular formula is C13H21N3O2. The molecular weight excluding hydrogens is 230 g/mol. The van der Waals surface area contributed by atoms with E-state index in [1.165, 1.54) is 0 Å². The second kappa shape index (κ2) is 6.09. The number of hydrogen-bond donors (Lipinski definition) is 0. The Morgan fingerprint density at radius 1 is 1.56 bits per heavy atom. The number of carbonyl (C=O) groups is 1. The fourth-order valence-corrected chi connectivity index (χ4v) is 2.52. The fourth-order valence-electron chi connectivity index (χ4n) is 2.52. The van der Waals surface area contributed by atoms with Crippen LogP contribution in [0.4, 0.5) is 0 Å².